The molecular weight excluding hydrogens is 176 g/mol. The van der Waals surface area contributed by atoms with E-state index in [1.165, 1.54) is 0 Å². The highest BCUT2D eigenvalue weighted by molar-refractivity contribution is 5.87. The van der Waals surface area contributed by atoms with Gasteiger partial charge in [0.25, 0.3) is 0 Å². The molecule has 1 heterocycles. The van der Waals surface area contributed by atoms with Gasteiger partial charge in [-0.25, -0.2) is 0 Å². The summed E-state index contributed by atoms with van der Waals surface area (Å²) in [6.45, 7) is 2.37. The molecule has 0 saturated heterocycles. The molecule has 1 amide bonds. The van der Waals surface area contributed by atoms with E-state index in [9.17, 15) is 4.79 Å². The highest BCUT2D eigenvalue weighted by Gasteiger charge is 2.04. The Morgan fingerprint density at radius 3 is 2.93 bits per heavy atom. The molecule has 0 radical (unpaired) electrons. The SMILES string of the molecule is CC=CC(=O)N(C)Cc1ccccn1. The highest BCUT2D eigenvalue weighted by Crippen LogP contribution is 1.99. The third kappa shape index (κ3) is 3.01. The molecule has 14 heavy (non-hydrogen) atoms. The zero-order valence-corrected chi connectivity index (χ0v) is 8.47. The van der Waals surface area contributed by atoms with Crippen molar-refractivity contribution < 1.29 is 4.79 Å². The molecule has 0 aliphatic rings. The third-order valence-electron chi connectivity index (χ3n) is 1.81. The molecule has 0 spiro atoms. The second-order valence-corrected chi connectivity index (χ2v) is 3.02. The molecular formula is C11H14N2O. The number of hydrogen-bond donors (Lipinski definition) is 0. The number of nitrogens with zero attached hydrogens (tertiary/aromatic N) is 2. The summed E-state index contributed by atoms with van der Waals surface area (Å²) in [4.78, 5) is 17.1. The summed E-state index contributed by atoms with van der Waals surface area (Å²) >= 11 is 0. The van der Waals surface area contributed by atoms with Gasteiger partial charge in [-0.15, -0.1) is 0 Å². The molecule has 3 heteroatoms. The van der Waals surface area contributed by atoms with Crippen LogP contribution in [0.2, 0.25) is 0 Å². The number of pyridine rings is 1. The van der Waals surface area contributed by atoms with Crippen LogP contribution in [-0.2, 0) is 11.3 Å². The average molecular weight is 190 g/mol. The van der Waals surface area contributed by atoms with Crippen molar-refractivity contribution in [1.82, 2.24) is 9.88 Å². The molecule has 1 rings (SSSR count). The van der Waals surface area contributed by atoms with E-state index in [0.29, 0.717) is 6.54 Å². The van der Waals surface area contributed by atoms with Gasteiger partial charge in [-0.3, -0.25) is 9.78 Å². The van der Waals surface area contributed by atoms with E-state index in [4.69, 9.17) is 0 Å². The van der Waals surface area contributed by atoms with Gasteiger partial charge in [0, 0.05) is 13.2 Å². The van der Waals surface area contributed by atoms with Gasteiger partial charge in [-0.2, -0.15) is 0 Å². The molecule has 3 nitrogen and oxygen atoms in total. The average Bonchev–Trinajstić information content (AvgIpc) is 2.19. The van der Waals surface area contributed by atoms with E-state index >= 15 is 0 Å². The van der Waals surface area contributed by atoms with Crippen molar-refractivity contribution in [3.05, 3.63) is 42.2 Å². The number of carbonyl (C=O) groups is 1. The minimum atomic E-state index is -0.00171. The Balaban J connectivity index is 2.57. The number of hydrogen-bond acceptors (Lipinski definition) is 2. The van der Waals surface area contributed by atoms with E-state index in [2.05, 4.69) is 4.98 Å². The van der Waals surface area contributed by atoms with Crippen molar-refractivity contribution in [3.63, 3.8) is 0 Å². The Morgan fingerprint density at radius 2 is 2.36 bits per heavy atom. The Labute approximate surface area is 84.1 Å². The summed E-state index contributed by atoms with van der Waals surface area (Å²) < 4.78 is 0. The first-order valence-electron chi connectivity index (χ1n) is 4.51. The second kappa shape index (κ2) is 5.17. The highest BCUT2D eigenvalue weighted by atomic mass is 16.2. The molecule has 0 N–H and O–H groups in total. The van der Waals surface area contributed by atoms with Crippen molar-refractivity contribution in [3.8, 4) is 0 Å². The number of likely N-dealkylation sites (N-methyl/N-ethyl adjacent to an activating group) is 1. The van der Waals surface area contributed by atoms with E-state index < -0.39 is 0 Å². The molecule has 0 aliphatic heterocycles. The predicted octanol–water partition coefficient (Wildman–Crippen LogP) is 1.62. The fraction of sp³-hybridized carbons (Fsp3) is 0.273. The summed E-state index contributed by atoms with van der Waals surface area (Å²) in [7, 11) is 1.76. The molecule has 0 aliphatic carbocycles. The maximum atomic E-state index is 11.4. The first-order chi connectivity index (χ1) is 6.74. The van der Waals surface area contributed by atoms with Crippen molar-refractivity contribution >= 4 is 5.91 Å². The van der Waals surface area contributed by atoms with Crippen molar-refractivity contribution in [2.75, 3.05) is 7.05 Å². The largest absolute Gasteiger partial charge is 0.336 e. The molecule has 0 aromatic carbocycles. The number of amides is 1. The predicted molar refractivity (Wildman–Crippen MR) is 55.5 cm³/mol. The minimum Gasteiger partial charge on any atom is -0.336 e. The topological polar surface area (TPSA) is 33.2 Å². The molecule has 0 bridgehead atoms. The Morgan fingerprint density at radius 1 is 1.57 bits per heavy atom. The van der Waals surface area contributed by atoms with E-state index in [-0.39, 0.29) is 5.91 Å². The Kier molecular flexibility index (Phi) is 3.85. The van der Waals surface area contributed by atoms with Crippen LogP contribution in [0.3, 0.4) is 0 Å². The normalized spacial score (nSPS) is 10.4. The first-order valence-corrected chi connectivity index (χ1v) is 4.51. The number of allylic oxidation sites excluding steroid dienone is 1. The smallest absolute Gasteiger partial charge is 0.246 e. The lowest BCUT2D eigenvalue weighted by Gasteiger charge is -2.13. The summed E-state index contributed by atoms with van der Waals surface area (Å²) in [5, 5.41) is 0. The van der Waals surface area contributed by atoms with Crippen LogP contribution in [0.25, 0.3) is 0 Å². The van der Waals surface area contributed by atoms with Crippen LogP contribution in [0.5, 0.6) is 0 Å². The minimum absolute atomic E-state index is 0.00171. The van der Waals surface area contributed by atoms with Crippen molar-refractivity contribution in [2.45, 2.75) is 13.5 Å². The van der Waals surface area contributed by atoms with Crippen LogP contribution < -0.4 is 0 Å². The van der Waals surface area contributed by atoms with Crippen LogP contribution in [0.1, 0.15) is 12.6 Å². The van der Waals surface area contributed by atoms with Crippen LogP contribution in [0, 0.1) is 0 Å². The van der Waals surface area contributed by atoms with E-state index in [1.54, 1.807) is 30.3 Å². The fourth-order valence-electron chi connectivity index (χ4n) is 1.08. The first kappa shape index (κ1) is 10.4. The zero-order valence-electron chi connectivity index (χ0n) is 8.47. The standard InChI is InChI=1S/C11H14N2O/c1-3-6-11(14)13(2)9-10-7-4-5-8-12-10/h3-8H,9H2,1-2H3. The molecule has 1 aromatic heterocycles. The van der Waals surface area contributed by atoms with Crippen LogP contribution in [0.4, 0.5) is 0 Å². The van der Waals surface area contributed by atoms with Crippen LogP contribution in [-0.4, -0.2) is 22.8 Å². The van der Waals surface area contributed by atoms with Gasteiger partial charge in [0.15, 0.2) is 0 Å². The van der Waals surface area contributed by atoms with Gasteiger partial charge in [0.05, 0.1) is 12.2 Å². The number of carbonyl (C=O) groups excluding carboxylic acids is 1. The lowest BCUT2D eigenvalue weighted by atomic mass is 10.3. The molecule has 74 valence electrons. The zero-order chi connectivity index (χ0) is 10.4. The Hall–Kier alpha value is -1.64. The van der Waals surface area contributed by atoms with Crippen LogP contribution in [0.15, 0.2) is 36.5 Å². The quantitative estimate of drug-likeness (QED) is 0.678. The lowest BCUT2D eigenvalue weighted by Crippen LogP contribution is -2.24. The monoisotopic (exact) mass is 190 g/mol. The fourth-order valence-corrected chi connectivity index (χ4v) is 1.08. The number of aromatic nitrogens is 1. The van der Waals surface area contributed by atoms with Gasteiger partial charge in [0.2, 0.25) is 5.91 Å². The van der Waals surface area contributed by atoms with Gasteiger partial charge < -0.3 is 4.90 Å². The molecule has 0 fully saturated rings. The third-order valence-corrected chi connectivity index (χ3v) is 1.81. The molecule has 0 unspecified atom stereocenters. The van der Waals surface area contributed by atoms with Crippen LogP contribution >= 0.6 is 0 Å². The van der Waals surface area contributed by atoms with Gasteiger partial charge in [-0.1, -0.05) is 12.1 Å². The molecule has 1 aromatic rings. The van der Waals surface area contributed by atoms with Gasteiger partial charge in [0.1, 0.15) is 0 Å². The van der Waals surface area contributed by atoms with Crippen molar-refractivity contribution in [1.29, 1.82) is 0 Å². The van der Waals surface area contributed by atoms with Gasteiger partial charge in [-0.05, 0) is 25.1 Å². The maximum absolute atomic E-state index is 11.4. The van der Waals surface area contributed by atoms with Gasteiger partial charge >= 0.3 is 0 Å². The van der Waals surface area contributed by atoms with E-state index in [1.807, 2.05) is 25.1 Å². The van der Waals surface area contributed by atoms with E-state index in [0.717, 1.165) is 5.69 Å². The summed E-state index contributed by atoms with van der Waals surface area (Å²) in [6, 6.07) is 5.67. The lowest BCUT2D eigenvalue weighted by molar-refractivity contribution is -0.125. The summed E-state index contributed by atoms with van der Waals surface area (Å²) in [5.41, 5.74) is 0.896. The number of rotatable bonds is 3. The summed E-state index contributed by atoms with van der Waals surface area (Å²) in [5.74, 6) is -0.00171. The molecule has 0 atom stereocenters. The second-order valence-electron chi connectivity index (χ2n) is 3.02. The summed E-state index contributed by atoms with van der Waals surface area (Å²) in [6.07, 6.45) is 5.00. The molecule has 0 saturated carbocycles. The maximum Gasteiger partial charge on any atom is 0.246 e. The Bertz CT molecular complexity index is 319. The van der Waals surface area contributed by atoms with Crippen molar-refractivity contribution in [2.24, 2.45) is 0 Å².